The topological polar surface area (TPSA) is 75.8 Å². The lowest BCUT2D eigenvalue weighted by molar-refractivity contribution is 0.571. The standard InChI is InChI=1S/C14H14FN3O2S/c1-10(2)21(19,20)18-9-12(8-17-18)13-7-11(5-6-16)3-4-14(13)15/h3-4,7-10H,5H2,1-2H3. The van der Waals surface area contributed by atoms with Gasteiger partial charge in [0.05, 0.1) is 30.1 Å². The van der Waals surface area contributed by atoms with E-state index < -0.39 is 21.1 Å². The highest BCUT2D eigenvalue weighted by molar-refractivity contribution is 7.90. The largest absolute Gasteiger partial charge is 0.256 e. The molecule has 0 aliphatic rings. The Balaban J connectivity index is 2.48. The molecule has 0 atom stereocenters. The Hall–Kier alpha value is -2.20. The quantitative estimate of drug-likeness (QED) is 0.868. The van der Waals surface area contributed by atoms with E-state index in [0.717, 1.165) is 4.09 Å². The van der Waals surface area contributed by atoms with Crippen LogP contribution in [0.4, 0.5) is 4.39 Å². The molecule has 0 fully saturated rings. The van der Waals surface area contributed by atoms with Gasteiger partial charge in [-0.3, -0.25) is 0 Å². The van der Waals surface area contributed by atoms with Crippen LogP contribution in [0.2, 0.25) is 0 Å². The molecule has 21 heavy (non-hydrogen) atoms. The molecule has 0 radical (unpaired) electrons. The van der Waals surface area contributed by atoms with Crippen molar-refractivity contribution in [3.63, 3.8) is 0 Å². The summed E-state index contributed by atoms with van der Waals surface area (Å²) in [5, 5.41) is 11.9. The average Bonchev–Trinajstić information content (AvgIpc) is 2.91. The third-order valence-electron chi connectivity index (χ3n) is 3.04. The summed E-state index contributed by atoms with van der Waals surface area (Å²) in [7, 11) is -3.57. The predicted molar refractivity (Wildman–Crippen MR) is 76.4 cm³/mol. The first kappa shape index (κ1) is 15.2. The summed E-state index contributed by atoms with van der Waals surface area (Å²) in [4.78, 5) is 0. The van der Waals surface area contributed by atoms with Gasteiger partial charge in [-0.2, -0.15) is 14.4 Å². The summed E-state index contributed by atoms with van der Waals surface area (Å²) < 4.78 is 38.7. The maximum absolute atomic E-state index is 13.9. The second kappa shape index (κ2) is 5.66. The Kier molecular flexibility index (Phi) is 4.09. The van der Waals surface area contributed by atoms with E-state index in [1.165, 1.54) is 30.6 Å². The fourth-order valence-electron chi connectivity index (χ4n) is 1.79. The fraction of sp³-hybridized carbons (Fsp3) is 0.286. The molecule has 0 spiro atoms. The van der Waals surface area contributed by atoms with Crippen molar-refractivity contribution in [2.24, 2.45) is 0 Å². The molecule has 0 aliphatic carbocycles. The zero-order valence-electron chi connectivity index (χ0n) is 11.6. The highest BCUT2D eigenvalue weighted by Gasteiger charge is 2.20. The van der Waals surface area contributed by atoms with Crippen molar-refractivity contribution in [1.82, 2.24) is 9.19 Å². The molecule has 0 aliphatic heterocycles. The summed E-state index contributed by atoms with van der Waals surface area (Å²) in [5.74, 6) is -0.488. The Morgan fingerprint density at radius 3 is 2.76 bits per heavy atom. The first-order chi connectivity index (χ1) is 9.86. The zero-order valence-corrected chi connectivity index (χ0v) is 12.4. The highest BCUT2D eigenvalue weighted by atomic mass is 32.2. The normalized spacial score (nSPS) is 11.6. The fourth-order valence-corrected chi connectivity index (χ4v) is 2.66. The number of nitrogens with zero attached hydrogens (tertiary/aromatic N) is 3. The Bertz CT molecular complexity index is 804. The van der Waals surface area contributed by atoms with Crippen LogP contribution < -0.4 is 0 Å². The van der Waals surface area contributed by atoms with Crippen molar-refractivity contribution >= 4 is 10.0 Å². The van der Waals surface area contributed by atoms with Crippen LogP contribution in [-0.4, -0.2) is 22.9 Å². The number of halogens is 1. The van der Waals surface area contributed by atoms with E-state index in [4.69, 9.17) is 5.26 Å². The lowest BCUT2D eigenvalue weighted by atomic mass is 10.0. The van der Waals surface area contributed by atoms with Gasteiger partial charge in [-0.1, -0.05) is 6.07 Å². The van der Waals surface area contributed by atoms with Crippen molar-refractivity contribution in [1.29, 1.82) is 5.26 Å². The number of rotatable bonds is 4. The van der Waals surface area contributed by atoms with Gasteiger partial charge in [-0.15, -0.1) is 0 Å². The molecule has 0 unspecified atom stereocenters. The van der Waals surface area contributed by atoms with Gasteiger partial charge in [0.15, 0.2) is 0 Å². The van der Waals surface area contributed by atoms with Crippen LogP contribution in [0.5, 0.6) is 0 Å². The summed E-state index contributed by atoms with van der Waals surface area (Å²) in [6.45, 7) is 3.09. The lowest BCUT2D eigenvalue weighted by Gasteiger charge is -2.06. The third kappa shape index (κ3) is 2.95. The molecule has 0 bridgehead atoms. The van der Waals surface area contributed by atoms with Crippen LogP contribution in [0.3, 0.4) is 0 Å². The van der Waals surface area contributed by atoms with E-state index in [2.05, 4.69) is 5.10 Å². The molecule has 0 amide bonds. The average molecular weight is 307 g/mol. The number of benzene rings is 1. The second-order valence-electron chi connectivity index (χ2n) is 4.84. The van der Waals surface area contributed by atoms with E-state index in [0.29, 0.717) is 11.1 Å². The van der Waals surface area contributed by atoms with E-state index in [1.54, 1.807) is 13.8 Å². The van der Waals surface area contributed by atoms with Crippen LogP contribution >= 0.6 is 0 Å². The first-order valence-corrected chi connectivity index (χ1v) is 7.81. The van der Waals surface area contributed by atoms with Crippen molar-refractivity contribution in [2.45, 2.75) is 25.5 Å². The molecule has 1 aromatic heterocycles. The minimum atomic E-state index is -3.57. The Labute approximate surface area is 122 Å². The molecular weight excluding hydrogens is 293 g/mol. The monoisotopic (exact) mass is 307 g/mol. The van der Waals surface area contributed by atoms with E-state index in [-0.39, 0.29) is 12.0 Å². The highest BCUT2D eigenvalue weighted by Crippen LogP contribution is 2.24. The molecule has 1 aromatic carbocycles. The summed E-state index contributed by atoms with van der Waals surface area (Å²) in [6, 6.07) is 6.30. The molecule has 2 aromatic rings. The van der Waals surface area contributed by atoms with Crippen LogP contribution in [0.15, 0.2) is 30.6 Å². The number of hydrogen-bond donors (Lipinski definition) is 0. The number of hydrogen-bond acceptors (Lipinski definition) is 4. The van der Waals surface area contributed by atoms with Gasteiger partial charge >= 0.3 is 0 Å². The summed E-state index contributed by atoms with van der Waals surface area (Å²) >= 11 is 0. The molecule has 1 heterocycles. The second-order valence-corrected chi connectivity index (χ2v) is 7.19. The van der Waals surface area contributed by atoms with E-state index in [1.807, 2.05) is 6.07 Å². The van der Waals surface area contributed by atoms with Crippen molar-refractivity contribution in [3.8, 4) is 17.2 Å². The number of aromatic nitrogens is 2. The first-order valence-electron chi connectivity index (χ1n) is 6.31. The molecule has 5 nitrogen and oxygen atoms in total. The molecule has 7 heteroatoms. The molecule has 110 valence electrons. The van der Waals surface area contributed by atoms with Crippen molar-refractivity contribution in [2.75, 3.05) is 0 Å². The van der Waals surface area contributed by atoms with Gasteiger partial charge in [0.1, 0.15) is 5.82 Å². The SMILES string of the molecule is CC(C)S(=O)(=O)n1cc(-c2cc(CC#N)ccc2F)cn1. The predicted octanol–water partition coefficient (Wildman–Crippen LogP) is 2.34. The van der Waals surface area contributed by atoms with Gasteiger partial charge in [0, 0.05) is 11.1 Å². The van der Waals surface area contributed by atoms with Crippen LogP contribution in [-0.2, 0) is 16.4 Å². The summed E-state index contributed by atoms with van der Waals surface area (Å²) in [5.41, 5.74) is 1.25. The van der Waals surface area contributed by atoms with Gasteiger partial charge in [0.2, 0.25) is 0 Å². The maximum Gasteiger partial charge on any atom is 0.256 e. The zero-order chi connectivity index (χ0) is 15.6. The summed E-state index contributed by atoms with van der Waals surface area (Å²) in [6.07, 6.45) is 2.74. The Morgan fingerprint density at radius 2 is 2.14 bits per heavy atom. The number of nitriles is 1. The van der Waals surface area contributed by atoms with Gasteiger partial charge in [0.25, 0.3) is 10.0 Å². The Morgan fingerprint density at radius 1 is 1.43 bits per heavy atom. The van der Waals surface area contributed by atoms with Crippen LogP contribution in [0, 0.1) is 17.1 Å². The molecule has 0 saturated heterocycles. The van der Waals surface area contributed by atoms with E-state index >= 15 is 0 Å². The van der Waals surface area contributed by atoms with Gasteiger partial charge in [-0.25, -0.2) is 12.8 Å². The van der Waals surface area contributed by atoms with Crippen LogP contribution in [0.1, 0.15) is 19.4 Å². The third-order valence-corrected chi connectivity index (χ3v) is 4.95. The van der Waals surface area contributed by atoms with Crippen molar-refractivity contribution < 1.29 is 12.8 Å². The maximum atomic E-state index is 13.9. The minimum absolute atomic E-state index is 0.158. The van der Waals surface area contributed by atoms with Crippen LogP contribution in [0.25, 0.3) is 11.1 Å². The van der Waals surface area contributed by atoms with Crippen molar-refractivity contribution in [3.05, 3.63) is 42.0 Å². The van der Waals surface area contributed by atoms with Gasteiger partial charge < -0.3 is 0 Å². The van der Waals surface area contributed by atoms with Gasteiger partial charge in [-0.05, 0) is 31.5 Å². The van der Waals surface area contributed by atoms with E-state index in [9.17, 15) is 12.8 Å². The smallest absolute Gasteiger partial charge is 0.206 e. The molecule has 2 rings (SSSR count). The minimum Gasteiger partial charge on any atom is -0.206 e. The molecule has 0 N–H and O–H groups in total. The lowest BCUT2D eigenvalue weighted by Crippen LogP contribution is -2.22. The molecular formula is C14H14FN3O2S. The molecule has 0 saturated carbocycles.